The minimum absolute atomic E-state index is 0.196. The zero-order valence-corrected chi connectivity index (χ0v) is 10.3. The van der Waals surface area contributed by atoms with Crippen LogP contribution in [0.2, 0.25) is 0 Å². The molecule has 0 aliphatic carbocycles. The van der Waals surface area contributed by atoms with Gasteiger partial charge in [-0.1, -0.05) is 20.3 Å². The Labute approximate surface area is 96.8 Å². The summed E-state index contributed by atoms with van der Waals surface area (Å²) in [5.41, 5.74) is 0. The van der Waals surface area contributed by atoms with E-state index in [1.165, 1.54) is 0 Å². The summed E-state index contributed by atoms with van der Waals surface area (Å²) in [6.45, 7) is 4.75. The van der Waals surface area contributed by atoms with Crippen molar-refractivity contribution in [1.82, 2.24) is 10.2 Å². The van der Waals surface area contributed by atoms with Crippen LogP contribution in [0.5, 0.6) is 0 Å². The third kappa shape index (κ3) is 5.58. The maximum absolute atomic E-state index is 11.5. The molecule has 5 nitrogen and oxygen atoms in total. The predicted molar refractivity (Wildman–Crippen MR) is 62.4 cm³/mol. The van der Waals surface area contributed by atoms with Gasteiger partial charge in [0.05, 0.1) is 5.92 Å². The summed E-state index contributed by atoms with van der Waals surface area (Å²) in [6.07, 6.45) is 2.51. The standard InChI is InChI=1S/C11H22N2O3/c1-4-6-7-13(3)11(16)12-8-9(5-2)10(14)15/h9H,4-8H2,1-3H3,(H,12,16)(H,14,15). The van der Waals surface area contributed by atoms with Gasteiger partial charge in [-0.3, -0.25) is 4.79 Å². The quantitative estimate of drug-likeness (QED) is 0.697. The number of carboxylic acid groups (broad SMARTS) is 1. The molecule has 0 aromatic rings. The molecular weight excluding hydrogens is 208 g/mol. The molecule has 2 amide bonds. The summed E-state index contributed by atoms with van der Waals surface area (Å²) >= 11 is 0. The average Bonchev–Trinajstić information content (AvgIpc) is 2.25. The van der Waals surface area contributed by atoms with Gasteiger partial charge in [-0.05, 0) is 12.8 Å². The molecule has 0 aromatic carbocycles. The van der Waals surface area contributed by atoms with E-state index in [-0.39, 0.29) is 12.6 Å². The van der Waals surface area contributed by atoms with Crippen LogP contribution in [0.4, 0.5) is 4.79 Å². The van der Waals surface area contributed by atoms with Crippen molar-refractivity contribution in [3.63, 3.8) is 0 Å². The highest BCUT2D eigenvalue weighted by Crippen LogP contribution is 2.01. The highest BCUT2D eigenvalue weighted by molar-refractivity contribution is 5.75. The number of nitrogens with one attached hydrogen (secondary N) is 1. The molecule has 0 radical (unpaired) electrons. The third-order valence-electron chi connectivity index (χ3n) is 2.54. The fourth-order valence-corrected chi connectivity index (χ4v) is 1.25. The molecule has 16 heavy (non-hydrogen) atoms. The van der Waals surface area contributed by atoms with Crippen LogP contribution in [0.15, 0.2) is 0 Å². The van der Waals surface area contributed by atoms with Gasteiger partial charge < -0.3 is 15.3 Å². The first-order chi connectivity index (χ1) is 7.52. The first-order valence-electron chi connectivity index (χ1n) is 5.74. The predicted octanol–water partition coefficient (Wildman–Crippen LogP) is 1.54. The second kappa shape index (κ2) is 7.96. The zero-order valence-electron chi connectivity index (χ0n) is 10.3. The van der Waals surface area contributed by atoms with Crippen molar-refractivity contribution in [2.45, 2.75) is 33.1 Å². The molecule has 0 bridgehead atoms. The second-order valence-electron chi connectivity index (χ2n) is 3.90. The van der Waals surface area contributed by atoms with Gasteiger partial charge >= 0.3 is 12.0 Å². The van der Waals surface area contributed by atoms with E-state index in [2.05, 4.69) is 12.2 Å². The van der Waals surface area contributed by atoms with E-state index in [1.807, 2.05) is 0 Å². The van der Waals surface area contributed by atoms with Crippen LogP contribution < -0.4 is 5.32 Å². The fraction of sp³-hybridized carbons (Fsp3) is 0.818. The summed E-state index contributed by atoms with van der Waals surface area (Å²) in [7, 11) is 1.71. The molecule has 0 heterocycles. The molecule has 0 saturated carbocycles. The lowest BCUT2D eigenvalue weighted by molar-refractivity contribution is -0.141. The number of hydrogen-bond acceptors (Lipinski definition) is 2. The number of amides is 2. The highest BCUT2D eigenvalue weighted by atomic mass is 16.4. The number of carbonyl (C=O) groups excluding carboxylic acids is 1. The molecule has 94 valence electrons. The Kier molecular flexibility index (Phi) is 7.33. The van der Waals surface area contributed by atoms with Crippen LogP contribution in [0.1, 0.15) is 33.1 Å². The number of rotatable bonds is 7. The Morgan fingerprint density at radius 1 is 1.38 bits per heavy atom. The Morgan fingerprint density at radius 3 is 2.44 bits per heavy atom. The van der Waals surface area contributed by atoms with Crippen LogP contribution in [-0.4, -0.2) is 42.1 Å². The summed E-state index contributed by atoms with van der Waals surface area (Å²) in [6, 6.07) is -0.201. The van der Waals surface area contributed by atoms with Crippen LogP contribution in [0.25, 0.3) is 0 Å². The Hall–Kier alpha value is -1.26. The van der Waals surface area contributed by atoms with Crippen LogP contribution >= 0.6 is 0 Å². The lowest BCUT2D eigenvalue weighted by atomic mass is 10.1. The number of urea groups is 1. The van der Waals surface area contributed by atoms with Crippen molar-refractivity contribution in [3.8, 4) is 0 Å². The van der Waals surface area contributed by atoms with Gasteiger partial charge in [0.2, 0.25) is 0 Å². The first-order valence-corrected chi connectivity index (χ1v) is 5.74. The highest BCUT2D eigenvalue weighted by Gasteiger charge is 2.16. The minimum Gasteiger partial charge on any atom is -0.481 e. The normalized spacial score (nSPS) is 11.9. The van der Waals surface area contributed by atoms with Gasteiger partial charge in [-0.15, -0.1) is 0 Å². The van der Waals surface area contributed by atoms with Crippen LogP contribution in [0, 0.1) is 5.92 Å². The molecule has 0 saturated heterocycles. The minimum atomic E-state index is -0.862. The number of carboxylic acids is 1. The van der Waals surface area contributed by atoms with Gasteiger partial charge in [-0.2, -0.15) is 0 Å². The number of unbranched alkanes of at least 4 members (excludes halogenated alkanes) is 1. The second-order valence-corrected chi connectivity index (χ2v) is 3.90. The molecule has 0 rings (SSSR count). The Morgan fingerprint density at radius 2 is 2.00 bits per heavy atom. The molecule has 0 aromatic heterocycles. The van der Waals surface area contributed by atoms with Crippen molar-refractivity contribution in [3.05, 3.63) is 0 Å². The number of carbonyl (C=O) groups is 2. The summed E-state index contributed by atoms with van der Waals surface area (Å²) < 4.78 is 0. The van der Waals surface area contributed by atoms with Gasteiger partial charge in [0.1, 0.15) is 0 Å². The Bertz CT molecular complexity index is 231. The van der Waals surface area contributed by atoms with Crippen molar-refractivity contribution in [2.75, 3.05) is 20.1 Å². The summed E-state index contributed by atoms with van der Waals surface area (Å²) in [5, 5.41) is 11.4. The average molecular weight is 230 g/mol. The van der Waals surface area contributed by atoms with E-state index in [0.29, 0.717) is 13.0 Å². The van der Waals surface area contributed by atoms with Crippen molar-refractivity contribution in [1.29, 1.82) is 0 Å². The van der Waals surface area contributed by atoms with Gasteiger partial charge in [0, 0.05) is 20.1 Å². The molecule has 0 aliphatic rings. The molecule has 0 fully saturated rings. The lowest BCUT2D eigenvalue weighted by Gasteiger charge is -2.19. The van der Waals surface area contributed by atoms with Crippen molar-refractivity contribution in [2.24, 2.45) is 5.92 Å². The van der Waals surface area contributed by atoms with E-state index < -0.39 is 11.9 Å². The third-order valence-corrected chi connectivity index (χ3v) is 2.54. The zero-order chi connectivity index (χ0) is 12.6. The maximum Gasteiger partial charge on any atom is 0.317 e. The SMILES string of the molecule is CCCCN(C)C(=O)NCC(CC)C(=O)O. The molecular formula is C11H22N2O3. The molecule has 0 aliphatic heterocycles. The molecule has 2 N–H and O–H groups in total. The van der Waals surface area contributed by atoms with Crippen LogP contribution in [-0.2, 0) is 4.79 Å². The van der Waals surface area contributed by atoms with Gasteiger partial charge in [-0.25, -0.2) is 4.79 Å². The number of nitrogens with zero attached hydrogens (tertiary/aromatic N) is 1. The van der Waals surface area contributed by atoms with Gasteiger partial charge in [0.25, 0.3) is 0 Å². The van der Waals surface area contributed by atoms with E-state index >= 15 is 0 Å². The summed E-state index contributed by atoms with van der Waals surface area (Å²) in [5.74, 6) is -1.36. The van der Waals surface area contributed by atoms with E-state index in [1.54, 1.807) is 18.9 Å². The lowest BCUT2D eigenvalue weighted by Crippen LogP contribution is -2.41. The largest absolute Gasteiger partial charge is 0.481 e. The van der Waals surface area contributed by atoms with Gasteiger partial charge in [0.15, 0.2) is 0 Å². The van der Waals surface area contributed by atoms with Crippen molar-refractivity contribution < 1.29 is 14.7 Å². The Balaban J connectivity index is 3.91. The maximum atomic E-state index is 11.5. The van der Waals surface area contributed by atoms with Crippen molar-refractivity contribution >= 4 is 12.0 Å². The monoisotopic (exact) mass is 230 g/mol. The van der Waals surface area contributed by atoms with E-state index in [4.69, 9.17) is 5.11 Å². The number of aliphatic carboxylic acids is 1. The molecule has 1 atom stereocenters. The fourth-order valence-electron chi connectivity index (χ4n) is 1.25. The number of hydrogen-bond donors (Lipinski definition) is 2. The first kappa shape index (κ1) is 14.7. The smallest absolute Gasteiger partial charge is 0.317 e. The van der Waals surface area contributed by atoms with E-state index in [0.717, 1.165) is 12.8 Å². The topological polar surface area (TPSA) is 69.6 Å². The van der Waals surface area contributed by atoms with Crippen LogP contribution in [0.3, 0.4) is 0 Å². The molecule has 1 unspecified atom stereocenters. The molecule has 0 spiro atoms. The molecule has 5 heteroatoms. The van der Waals surface area contributed by atoms with E-state index in [9.17, 15) is 9.59 Å². The summed E-state index contributed by atoms with van der Waals surface area (Å²) in [4.78, 5) is 23.8.